The number of nitrogens with one attached hydrogen (secondary N) is 2. The van der Waals surface area contributed by atoms with Crippen molar-refractivity contribution in [2.24, 2.45) is 5.92 Å². The van der Waals surface area contributed by atoms with E-state index in [9.17, 15) is 9.90 Å². The number of aromatic nitrogens is 3. The van der Waals surface area contributed by atoms with Gasteiger partial charge in [-0.15, -0.1) is 10.2 Å². The highest BCUT2D eigenvalue weighted by Crippen LogP contribution is 2.23. The maximum absolute atomic E-state index is 11.9. The first-order chi connectivity index (χ1) is 9.74. The van der Waals surface area contributed by atoms with Crippen molar-refractivity contribution in [1.29, 1.82) is 0 Å². The summed E-state index contributed by atoms with van der Waals surface area (Å²) in [5.74, 6) is 0.916. The van der Waals surface area contributed by atoms with Gasteiger partial charge in [0.25, 0.3) is 0 Å². The van der Waals surface area contributed by atoms with Gasteiger partial charge in [-0.05, 0) is 19.8 Å². The molecule has 0 radical (unpaired) electrons. The molecular formula is C13H23N5O2. The van der Waals surface area contributed by atoms with E-state index in [1.54, 1.807) is 6.33 Å². The van der Waals surface area contributed by atoms with Crippen LogP contribution in [0, 0.1) is 5.92 Å². The molecule has 1 fully saturated rings. The monoisotopic (exact) mass is 281 g/mol. The first-order valence-electron chi connectivity index (χ1n) is 7.26. The molecule has 1 aliphatic carbocycles. The number of aliphatic hydroxyl groups excluding tert-OH is 1. The molecule has 7 heteroatoms. The molecule has 1 aromatic heterocycles. The lowest BCUT2D eigenvalue weighted by atomic mass is 9.85. The molecular weight excluding hydrogens is 258 g/mol. The Bertz CT molecular complexity index is 434. The normalized spacial score (nSPS) is 22.5. The minimum Gasteiger partial charge on any atom is -0.396 e. The zero-order valence-corrected chi connectivity index (χ0v) is 11.9. The number of aryl methyl sites for hydroxylation is 1. The van der Waals surface area contributed by atoms with E-state index < -0.39 is 0 Å². The average molecular weight is 281 g/mol. The molecule has 0 bridgehead atoms. The van der Waals surface area contributed by atoms with Crippen LogP contribution in [0.5, 0.6) is 0 Å². The fourth-order valence-corrected chi connectivity index (χ4v) is 2.67. The van der Waals surface area contributed by atoms with Crippen molar-refractivity contribution in [3.63, 3.8) is 0 Å². The third kappa shape index (κ3) is 3.69. The van der Waals surface area contributed by atoms with Gasteiger partial charge in [0.1, 0.15) is 6.33 Å². The standard InChI is InChI=1S/C13H23N5O2/c1-2-18-9-15-17-12(18)7-14-13(20)16-11-6-4-3-5-10(11)8-19/h9-11,19H,2-8H2,1H3,(H2,14,16,20). The van der Waals surface area contributed by atoms with Gasteiger partial charge in [0.2, 0.25) is 0 Å². The Labute approximate surface area is 118 Å². The summed E-state index contributed by atoms with van der Waals surface area (Å²) in [4.78, 5) is 11.9. The highest BCUT2D eigenvalue weighted by Gasteiger charge is 2.25. The van der Waals surface area contributed by atoms with E-state index >= 15 is 0 Å². The van der Waals surface area contributed by atoms with Crippen LogP contribution in [0.1, 0.15) is 38.4 Å². The predicted molar refractivity (Wildman–Crippen MR) is 73.9 cm³/mol. The van der Waals surface area contributed by atoms with Gasteiger partial charge in [-0.25, -0.2) is 4.79 Å². The van der Waals surface area contributed by atoms with Crippen LogP contribution in [0.3, 0.4) is 0 Å². The second kappa shape index (κ2) is 7.23. The molecule has 2 rings (SSSR count). The van der Waals surface area contributed by atoms with Gasteiger partial charge in [0.05, 0.1) is 6.54 Å². The fraction of sp³-hybridized carbons (Fsp3) is 0.769. The summed E-state index contributed by atoms with van der Waals surface area (Å²) < 4.78 is 1.89. The number of hydrogen-bond donors (Lipinski definition) is 3. The van der Waals surface area contributed by atoms with Gasteiger partial charge < -0.3 is 20.3 Å². The number of hydrogen-bond acceptors (Lipinski definition) is 4. The van der Waals surface area contributed by atoms with Crippen molar-refractivity contribution in [3.05, 3.63) is 12.2 Å². The molecule has 20 heavy (non-hydrogen) atoms. The first-order valence-corrected chi connectivity index (χ1v) is 7.26. The molecule has 2 unspecified atom stereocenters. The molecule has 1 heterocycles. The largest absolute Gasteiger partial charge is 0.396 e. The van der Waals surface area contributed by atoms with Gasteiger partial charge in [0.15, 0.2) is 5.82 Å². The maximum Gasteiger partial charge on any atom is 0.315 e. The van der Waals surface area contributed by atoms with Crippen molar-refractivity contribution in [2.45, 2.75) is 51.7 Å². The lowest BCUT2D eigenvalue weighted by Gasteiger charge is -2.30. The summed E-state index contributed by atoms with van der Waals surface area (Å²) in [6, 6.07) is -0.140. The third-order valence-corrected chi connectivity index (χ3v) is 3.90. The summed E-state index contributed by atoms with van der Waals surface area (Å²) in [7, 11) is 0. The van der Waals surface area contributed by atoms with Crippen molar-refractivity contribution in [2.75, 3.05) is 6.61 Å². The fourth-order valence-electron chi connectivity index (χ4n) is 2.67. The van der Waals surface area contributed by atoms with Crippen LogP contribution in [-0.4, -0.2) is 38.6 Å². The number of carbonyl (C=O) groups excluding carboxylic acids is 1. The second-order valence-electron chi connectivity index (χ2n) is 5.19. The molecule has 1 aromatic rings. The van der Waals surface area contributed by atoms with Crippen LogP contribution < -0.4 is 10.6 Å². The summed E-state index contributed by atoms with van der Waals surface area (Å²) in [6.45, 7) is 3.27. The Morgan fingerprint density at radius 2 is 2.30 bits per heavy atom. The lowest BCUT2D eigenvalue weighted by molar-refractivity contribution is 0.153. The van der Waals surface area contributed by atoms with E-state index in [0.717, 1.165) is 38.1 Å². The van der Waals surface area contributed by atoms with Crippen molar-refractivity contribution < 1.29 is 9.90 Å². The van der Waals surface area contributed by atoms with Gasteiger partial charge >= 0.3 is 6.03 Å². The Morgan fingerprint density at radius 1 is 1.50 bits per heavy atom. The average Bonchev–Trinajstić information content (AvgIpc) is 2.93. The van der Waals surface area contributed by atoms with E-state index in [4.69, 9.17) is 0 Å². The smallest absolute Gasteiger partial charge is 0.315 e. The van der Waals surface area contributed by atoms with Gasteiger partial charge in [0, 0.05) is 25.1 Å². The minimum absolute atomic E-state index is 0.0674. The van der Waals surface area contributed by atoms with Gasteiger partial charge in [-0.3, -0.25) is 0 Å². The number of rotatable bonds is 5. The Kier molecular flexibility index (Phi) is 5.34. The van der Waals surface area contributed by atoms with Crippen LogP contribution in [-0.2, 0) is 13.1 Å². The van der Waals surface area contributed by atoms with Gasteiger partial charge in [-0.1, -0.05) is 12.8 Å². The summed E-state index contributed by atoms with van der Waals surface area (Å²) in [5, 5.41) is 22.9. The molecule has 1 saturated carbocycles. The summed E-state index contributed by atoms with van der Waals surface area (Å²) in [5.41, 5.74) is 0. The minimum atomic E-state index is -0.207. The molecule has 112 valence electrons. The van der Waals surface area contributed by atoms with Crippen LogP contribution >= 0.6 is 0 Å². The van der Waals surface area contributed by atoms with Crippen molar-refractivity contribution in [1.82, 2.24) is 25.4 Å². The van der Waals surface area contributed by atoms with Crippen molar-refractivity contribution in [3.8, 4) is 0 Å². The van der Waals surface area contributed by atoms with Crippen molar-refractivity contribution >= 4 is 6.03 Å². The molecule has 3 N–H and O–H groups in total. The third-order valence-electron chi connectivity index (χ3n) is 3.90. The second-order valence-corrected chi connectivity index (χ2v) is 5.19. The molecule has 1 aliphatic rings. The highest BCUT2D eigenvalue weighted by molar-refractivity contribution is 5.74. The molecule has 7 nitrogen and oxygen atoms in total. The first kappa shape index (κ1) is 14.8. The SMILES string of the molecule is CCn1cnnc1CNC(=O)NC1CCCCC1CO. The van der Waals surface area contributed by atoms with E-state index in [1.807, 2.05) is 11.5 Å². The Hall–Kier alpha value is -1.63. The number of amides is 2. The summed E-state index contributed by atoms with van der Waals surface area (Å²) in [6.07, 6.45) is 5.80. The number of nitrogens with zero attached hydrogens (tertiary/aromatic N) is 3. The topological polar surface area (TPSA) is 92.1 Å². The van der Waals surface area contributed by atoms with E-state index in [2.05, 4.69) is 20.8 Å². The molecule has 0 aromatic carbocycles. The predicted octanol–water partition coefficient (Wildman–Crippen LogP) is 0.648. The zero-order chi connectivity index (χ0) is 14.4. The summed E-state index contributed by atoms with van der Waals surface area (Å²) >= 11 is 0. The van der Waals surface area contributed by atoms with E-state index in [-0.39, 0.29) is 24.6 Å². The lowest BCUT2D eigenvalue weighted by Crippen LogP contribution is -2.47. The molecule has 2 amide bonds. The number of aliphatic hydroxyl groups is 1. The van der Waals surface area contributed by atoms with Crippen LogP contribution in [0.2, 0.25) is 0 Å². The zero-order valence-electron chi connectivity index (χ0n) is 11.9. The highest BCUT2D eigenvalue weighted by atomic mass is 16.3. The quantitative estimate of drug-likeness (QED) is 0.739. The maximum atomic E-state index is 11.9. The van der Waals surface area contributed by atoms with Crippen LogP contribution in [0.25, 0.3) is 0 Å². The molecule has 0 spiro atoms. The number of urea groups is 1. The Balaban J connectivity index is 1.80. The van der Waals surface area contributed by atoms with E-state index in [0.29, 0.717) is 6.54 Å². The van der Waals surface area contributed by atoms with E-state index in [1.165, 1.54) is 0 Å². The van der Waals surface area contributed by atoms with Crippen LogP contribution in [0.15, 0.2) is 6.33 Å². The molecule has 0 saturated heterocycles. The molecule has 0 aliphatic heterocycles. The van der Waals surface area contributed by atoms with Crippen LogP contribution in [0.4, 0.5) is 4.79 Å². The molecule has 2 atom stereocenters. The number of carbonyl (C=O) groups is 1. The Morgan fingerprint density at radius 3 is 3.05 bits per heavy atom. The van der Waals surface area contributed by atoms with Gasteiger partial charge in [-0.2, -0.15) is 0 Å².